The van der Waals surface area contributed by atoms with Crippen LogP contribution in [-0.2, 0) is 12.8 Å². The molecule has 0 aliphatic rings. The maximum atomic E-state index is 4.91. The lowest BCUT2D eigenvalue weighted by atomic mass is 10.0. The second-order valence-corrected chi connectivity index (χ2v) is 8.91. The molecule has 0 unspecified atom stereocenters. The van der Waals surface area contributed by atoms with Crippen LogP contribution in [0.4, 0.5) is 0 Å². The molecule has 4 aromatic carbocycles. The summed E-state index contributed by atoms with van der Waals surface area (Å²) >= 11 is 0. The van der Waals surface area contributed by atoms with E-state index < -0.39 is 0 Å². The number of aromatic nitrogens is 4. The molecule has 0 bridgehead atoms. The van der Waals surface area contributed by atoms with E-state index in [1.165, 1.54) is 24.0 Å². The fourth-order valence-electron chi connectivity index (χ4n) is 4.79. The highest BCUT2D eigenvalue weighted by atomic mass is 14.8. The number of hydrogen-bond donors (Lipinski definition) is 0. The number of aryl methyl sites for hydroxylation is 2. The number of rotatable bonds is 7. The summed E-state index contributed by atoms with van der Waals surface area (Å²) in [4.78, 5) is 19.4. The van der Waals surface area contributed by atoms with Crippen molar-refractivity contribution in [1.82, 2.24) is 19.9 Å². The van der Waals surface area contributed by atoms with Gasteiger partial charge in [0.2, 0.25) is 0 Å². The van der Waals surface area contributed by atoms with Crippen LogP contribution in [0.15, 0.2) is 84.9 Å². The van der Waals surface area contributed by atoms with Crippen molar-refractivity contribution in [3.05, 3.63) is 96.1 Å². The van der Waals surface area contributed by atoms with E-state index in [-0.39, 0.29) is 0 Å². The molecule has 4 heteroatoms. The Bertz CT molecular complexity index is 1500. The normalized spacial score (nSPS) is 11.6. The molecule has 0 saturated heterocycles. The Kier molecular flexibility index (Phi) is 5.56. The molecule has 0 fully saturated rings. The lowest BCUT2D eigenvalue weighted by Crippen LogP contribution is -1.95. The van der Waals surface area contributed by atoms with Crippen molar-refractivity contribution in [3.63, 3.8) is 0 Å². The van der Waals surface area contributed by atoms with Crippen LogP contribution in [0.1, 0.15) is 36.8 Å². The molecule has 0 radical (unpaired) electrons. The summed E-state index contributed by atoms with van der Waals surface area (Å²) < 4.78 is 0. The molecule has 0 spiro atoms. The Balaban J connectivity index is 1.09. The van der Waals surface area contributed by atoms with Gasteiger partial charge in [-0.2, -0.15) is 0 Å². The first kappa shape index (κ1) is 20.7. The van der Waals surface area contributed by atoms with Crippen molar-refractivity contribution >= 4 is 44.1 Å². The summed E-state index contributed by atoms with van der Waals surface area (Å²) in [6.07, 6.45) is 6.81. The van der Waals surface area contributed by atoms with Crippen LogP contribution < -0.4 is 0 Å². The van der Waals surface area contributed by atoms with Crippen molar-refractivity contribution in [2.75, 3.05) is 0 Å². The first-order valence-corrected chi connectivity index (χ1v) is 12.1. The first-order chi connectivity index (χ1) is 16.8. The monoisotopic (exact) mass is 442 g/mol. The Morgan fingerprint density at radius 2 is 0.735 bits per heavy atom. The third-order valence-corrected chi connectivity index (χ3v) is 6.55. The molecule has 34 heavy (non-hydrogen) atoms. The molecule has 0 amide bonds. The lowest BCUT2D eigenvalue weighted by molar-refractivity contribution is 0.642. The Hall–Kier alpha value is -3.92. The van der Waals surface area contributed by atoms with Gasteiger partial charge in [0.25, 0.3) is 0 Å². The maximum Gasteiger partial charge on any atom is 0.0926 e. The molecular weight excluding hydrogens is 416 g/mol. The van der Waals surface area contributed by atoms with Crippen molar-refractivity contribution in [1.29, 1.82) is 0 Å². The summed E-state index contributed by atoms with van der Waals surface area (Å²) in [6.45, 7) is 0. The summed E-state index contributed by atoms with van der Waals surface area (Å²) in [5.74, 6) is 0. The fourth-order valence-corrected chi connectivity index (χ4v) is 4.79. The van der Waals surface area contributed by atoms with Gasteiger partial charge in [-0.15, -0.1) is 0 Å². The predicted octanol–water partition coefficient (Wildman–Crippen LogP) is 7.23. The first-order valence-electron chi connectivity index (χ1n) is 12.1. The third kappa shape index (κ3) is 4.08. The average Bonchev–Trinajstić information content (AvgIpc) is 2.88. The highest BCUT2D eigenvalue weighted by molar-refractivity contribution is 5.88. The van der Waals surface area contributed by atoms with Gasteiger partial charge in [0.05, 0.1) is 44.1 Å². The minimum absolute atomic E-state index is 0.957. The van der Waals surface area contributed by atoms with Crippen LogP contribution in [0.25, 0.3) is 44.1 Å². The van der Waals surface area contributed by atoms with E-state index in [1.807, 2.05) is 48.5 Å². The van der Waals surface area contributed by atoms with Gasteiger partial charge in [-0.1, -0.05) is 61.4 Å². The number of hydrogen-bond acceptors (Lipinski definition) is 4. The number of benzene rings is 4. The summed E-state index contributed by atoms with van der Waals surface area (Å²) in [7, 11) is 0. The molecule has 2 heterocycles. The highest BCUT2D eigenvalue weighted by Crippen LogP contribution is 2.23. The van der Waals surface area contributed by atoms with Crippen molar-refractivity contribution in [2.45, 2.75) is 38.5 Å². The molecule has 4 nitrogen and oxygen atoms in total. The van der Waals surface area contributed by atoms with Crippen LogP contribution in [0.5, 0.6) is 0 Å². The van der Waals surface area contributed by atoms with Gasteiger partial charge >= 0.3 is 0 Å². The number of fused-ring (bicyclic) bond motifs is 4. The van der Waals surface area contributed by atoms with Crippen LogP contribution in [0.3, 0.4) is 0 Å². The average molecular weight is 443 g/mol. The molecule has 0 saturated carbocycles. The fraction of sp³-hybridized carbons (Fsp3) is 0.200. The Morgan fingerprint density at radius 1 is 0.353 bits per heavy atom. The smallest absolute Gasteiger partial charge is 0.0926 e. The minimum Gasteiger partial charge on any atom is -0.244 e. The summed E-state index contributed by atoms with van der Waals surface area (Å²) in [6, 6.07) is 28.9. The van der Waals surface area contributed by atoms with Gasteiger partial charge < -0.3 is 0 Å². The van der Waals surface area contributed by atoms with E-state index in [1.54, 1.807) is 0 Å². The zero-order valence-corrected chi connectivity index (χ0v) is 19.1. The van der Waals surface area contributed by atoms with Gasteiger partial charge in [-0.05, 0) is 73.2 Å². The summed E-state index contributed by atoms with van der Waals surface area (Å²) in [5, 5.41) is 0. The Labute approximate surface area is 198 Å². The second kappa shape index (κ2) is 9.14. The zero-order valence-electron chi connectivity index (χ0n) is 19.1. The van der Waals surface area contributed by atoms with Crippen LogP contribution in [0.2, 0.25) is 0 Å². The molecular formula is C30H26N4. The zero-order chi connectivity index (χ0) is 22.7. The molecule has 0 aliphatic heterocycles. The molecule has 6 rings (SSSR count). The molecule has 2 aromatic heterocycles. The maximum absolute atomic E-state index is 4.91. The van der Waals surface area contributed by atoms with Gasteiger partial charge in [-0.25, -0.2) is 19.9 Å². The number of unbranched alkanes of at least 4 members (excludes halogenated alkanes) is 3. The van der Waals surface area contributed by atoms with Gasteiger partial charge in [0.1, 0.15) is 0 Å². The van der Waals surface area contributed by atoms with Gasteiger partial charge in [-0.3, -0.25) is 0 Å². The van der Waals surface area contributed by atoms with Gasteiger partial charge in [0.15, 0.2) is 0 Å². The van der Waals surface area contributed by atoms with E-state index in [4.69, 9.17) is 19.9 Å². The number of nitrogens with zero attached hydrogens (tertiary/aromatic N) is 4. The van der Waals surface area contributed by atoms with Crippen LogP contribution >= 0.6 is 0 Å². The molecule has 0 atom stereocenters. The molecule has 0 aliphatic carbocycles. The van der Waals surface area contributed by atoms with Gasteiger partial charge in [0, 0.05) is 0 Å². The second-order valence-electron chi connectivity index (χ2n) is 8.91. The summed E-state index contributed by atoms with van der Waals surface area (Å²) in [5.41, 5.74) is 10.5. The largest absolute Gasteiger partial charge is 0.244 e. The quantitative estimate of drug-likeness (QED) is 0.193. The molecule has 6 aromatic rings. The van der Waals surface area contributed by atoms with E-state index in [0.717, 1.165) is 69.8 Å². The van der Waals surface area contributed by atoms with E-state index >= 15 is 0 Å². The van der Waals surface area contributed by atoms with Crippen LogP contribution in [-0.4, -0.2) is 19.9 Å². The lowest BCUT2D eigenvalue weighted by Gasteiger charge is -2.08. The topological polar surface area (TPSA) is 51.6 Å². The van der Waals surface area contributed by atoms with Crippen molar-refractivity contribution < 1.29 is 0 Å². The SMILES string of the molecule is c1ccc2nc3c(CCCCCCc4cccc5nc6ccccc6nc45)cccc3nc2c1. The van der Waals surface area contributed by atoms with Crippen molar-refractivity contribution in [2.24, 2.45) is 0 Å². The standard InChI is InChI=1S/C30H26N4/c1(3-11-21-13-9-19-27-29(21)33-25-17-7-5-15-23(25)31-27)2-4-12-22-14-10-20-28-30(22)34-26-18-8-6-16-24(26)32-28/h5-10,13-20H,1-4,11-12H2. The molecule has 0 N–H and O–H groups in total. The highest BCUT2D eigenvalue weighted by Gasteiger charge is 2.08. The van der Waals surface area contributed by atoms with E-state index in [0.29, 0.717) is 0 Å². The Morgan fingerprint density at radius 3 is 1.18 bits per heavy atom. The van der Waals surface area contributed by atoms with Crippen molar-refractivity contribution in [3.8, 4) is 0 Å². The predicted molar refractivity (Wildman–Crippen MR) is 140 cm³/mol. The third-order valence-electron chi connectivity index (χ3n) is 6.55. The van der Waals surface area contributed by atoms with E-state index in [9.17, 15) is 0 Å². The van der Waals surface area contributed by atoms with Crippen LogP contribution in [0, 0.1) is 0 Å². The van der Waals surface area contributed by atoms with E-state index in [2.05, 4.69) is 36.4 Å². The molecule has 166 valence electrons. The number of para-hydroxylation sites is 6. The minimum atomic E-state index is 0.957.